The minimum Gasteiger partial charge on any atom is -0.445 e. The third kappa shape index (κ3) is 2.94. The molecule has 1 saturated carbocycles. The molecule has 0 unspecified atom stereocenters. The third-order valence-corrected chi connectivity index (χ3v) is 4.44. The number of benzene rings is 1. The Labute approximate surface area is 131 Å². The molecule has 2 aromatic rings. The molecule has 1 aromatic heterocycles. The zero-order valence-corrected chi connectivity index (χ0v) is 13.3. The number of furan rings is 1. The Morgan fingerprint density at radius 1 is 1.14 bits per heavy atom. The van der Waals surface area contributed by atoms with Crippen LogP contribution in [0.3, 0.4) is 0 Å². The molecule has 116 valence electrons. The lowest BCUT2D eigenvalue weighted by Crippen LogP contribution is -2.22. The van der Waals surface area contributed by atoms with Gasteiger partial charge in [-0.05, 0) is 32.3 Å². The third-order valence-electron chi connectivity index (χ3n) is 4.44. The minimum absolute atomic E-state index is 0.0526. The molecule has 0 radical (unpaired) electrons. The Morgan fingerprint density at radius 2 is 1.82 bits per heavy atom. The van der Waals surface area contributed by atoms with E-state index in [1.165, 1.54) is 32.1 Å². The monoisotopic (exact) mass is 297 g/mol. The van der Waals surface area contributed by atoms with Gasteiger partial charge in [-0.15, -0.1) is 0 Å². The van der Waals surface area contributed by atoms with Gasteiger partial charge in [0.1, 0.15) is 5.76 Å². The number of anilines is 1. The molecule has 0 spiro atoms. The van der Waals surface area contributed by atoms with Crippen LogP contribution in [0.1, 0.15) is 55.1 Å². The number of carbonyl (C=O) groups excluding carboxylic acids is 1. The van der Waals surface area contributed by atoms with Gasteiger partial charge in [-0.25, -0.2) is 0 Å². The van der Waals surface area contributed by atoms with Crippen molar-refractivity contribution in [1.29, 1.82) is 0 Å². The molecular weight excluding hydrogens is 274 g/mol. The van der Waals surface area contributed by atoms with Gasteiger partial charge in [0, 0.05) is 6.04 Å². The fourth-order valence-electron chi connectivity index (χ4n) is 3.38. The van der Waals surface area contributed by atoms with Crippen molar-refractivity contribution < 1.29 is 9.21 Å². The summed E-state index contributed by atoms with van der Waals surface area (Å²) in [6.07, 6.45) is 6.18. The summed E-state index contributed by atoms with van der Waals surface area (Å²) < 4.78 is 5.93. The van der Waals surface area contributed by atoms with Crippen molar-refractivity contribution in [2.75, 3.05) is 5.32 Å². The van der Waals surface area contributed by atoms with E-state index in [0.29, 0.717) is 17.4 Å². The van der Waals surface area contributed by atoms with Crippen molar-refractivity contribution in [2.24, 2.45) is 0 Å². The van der Waals surface area contributed by atoms with Crippen LogP contribution in [0.25, 0.3) is 11.1 Å². The van der Waals surface area contributed by atoms with E-state index < -0.39 is 0 Å². The van der Waals surface area contributed by atoms with Gasteiger partial charge in [-0.2, -0.15) is 0 Å². The van der Waals surface area contributed by atoms with Crippen LogP contribution in [0.2, 0.25) is 0 Å². The highest BCUT2D eigenvalue weighted by atomic mass is 16.4. The van der Waals surface area contributed by atoms with Crippen LogP contribution in [0, 0.1) is 6.92 Å². The second kappa shape index (κ2) is 6.39. The molecule has 1 fully saturated rings. The Balaban J connectivity index is 2.02. The van der Waals surface area contributed by atoms with E-state index in [1.54, 1.807) is 6.92 Å². The summed E-state index contributed by atoms with van der Waals surface area (Å²) in [5, 5.41) is 3.55. The van der Waals surface area contributed by atoms with Gasteiger partial charge in [0.05, 0.1) is 11.1 Å². The number of Topliss-reactive ketones (excluding diaryl/α,β-unsaturated/α-hetero) is 1. The first-order valence-electron chi connectivity index (χ1n) is 8.13. The minimum atomic E-state index is 0.0526. The maximum atomic E-state index is 12.1. The summed E-state index contributed by atoms with van der Waals surface area (Å²) in [6, 6.07) is 10.5. The first-order valence-corrected chi connectivity index (χ1v) is 8.13. The number of ketones is 1. The largest absolute Gasteiger partial charge is 0.445 e. The highest BCUT2D eigenvalue weighted by Crippen LogP contribution is 2.38. The van der Waals surface area contributed by atoms with Crippen molar-refractivity contribution >= 4 is 11.7 Å². The van der Waals surface area contributed by atoms with Crippen LogP contribution in [0.15, 0.2) is 34.7 Å². The molecule has 0 amide bonds. The topological polar surface area (TPSA) is 42.2 Å². The summed E-state index contributed by atoms with van der Waals surface area (Å²) in [4.78, 5) is 12.1. The lowest BCUT2D eigenvalue weighted by molar-refractivity contribution is 0.101. The lowest BCUT2D eigenvalue weighted by atomic mass is 9.94. The Hall–Kier alpha value is -2.03. The van der Waals surface area contributed by atoms with Crippen molar-refractivity contribution in [3.05, 3.63) is 41.7 Å². The van der Waals surface area contributed by atoms with Crippen molar-refractivity contribution in [1.82, 2.24) is 0 Å². The van der Waals surface area contributed by atoms with Crippen LogP contribution < -0.4 is 5.32 Å². The summed E-state index contributed by atoms with van der Waals surface area (Å²) in [5.41, 5.74) is 2.64. The number of hydrogen-bond donors (Lipinski definition) is 1. The molecule has 3 rings (SSSR count). The summed E-state index contributed by atoms with van der Waals surface area (Å²) >= 11 is 0. The first-order chi connectivity index (χ1) is 10.7. The molecule has 0 atom stereocenters. The van der Waals surface area contributed by atoms with Crippen LogP contribution in [-0.2, 0) is 0 Å². The predicted octanol–water partition coefficient (Wildman–Crippen LogP) is 5.20. The normalized spacial score (nSPS) is 15.7. The van der Waals surface area contributed by atoms with Crippen LogP contribution in [0.4, 0.5) is 5.88 Å². The van der Waals surface area contributed by atoms with E-state index >= 15 is 0 Å². The van der Waals surface area contributed by atoms with E-state index in [0.717, 1.165) is 17.0 Å². The lowest BCUT2D eigenvalue weighted by Gasteiger charge is -2.23. The van der Waals surface area contributed by atoms with Crippen LogP contribution in [-0.4, -0.2) is 11.8 Å². The highest BCUT2D eigenvalue weighted by molar-refractivity contribution is 6.04. The van der Waals surface area contributed by atoms with Gasteiger partial charge >= 0.3 is 0 Å². The second-order valence-electron chi connectivity index (χ2n) is 6.14. The molecule has 1 aliphatic carbocycles. The van der Waals surface area contributed by atoms with E-state index in [-0.39, 0.29) is 5.78 Å². The number of hydrogen-bond acceptors (Lipinski definition) is 3. The van der Waals surface area contributed by atoms with Crippen LogP contribution >= 0.6 is 0 Å². The highest BCUT2D eigenvalue weighted by Gasteiger charge is 2.24. The average molecular weight is 297 g/mol. The zero-order valence-electron chi connectivity index (χ0n) is 13.3. The molecule has 1 aromatic carbocycles. The quantitative estimate of drug-likeness (QED) is 0.788. The predicted molar refractivity (Wildman–Crippen MR) is 89.4 cm³/mol. The van der Waals surface area contributed by atoms with Gasteiger partial charge in [0.2, 0.25) is 5.88 Å². The summed E-state index contributed by atoms with van der Waals surface area (Å²) in [6.45, 7) is 3.48. The molecule has 3 heteroatoms. The summed E-state index contributed by atoms with van der Waals surface area (Å²) in [5.74, 6) is 1.50. The smallest absolute Gasteiger partial charge is 0.201 e. The van der Waals surface area contributed by atoms with Crippen molar-refractivity contribution in [3.8, 4) is 11.1 Å². The molecule has 3 nitrogen and oxygen atoms in total. The maximum Gasteiger partial charge on any atom is 0.201 e. The molecule has 1 heterocycles. The fraction of sp³-hybridized carbons (Fsp3) is 0.421. The van der Waals surface area contributed by atoms with E-state index in [9.17, 15) is 4.79 Å². The molecular formula is C19H23NO2. The number of nitrogens with one attached hydrogen (secondary N) is 1. The number of carbonyl (C=O) groups is 1. The Bertz CT molecular complexity index is 652. The molecule has 0 aliphatic heterocycles. The van der Waals surface area contributed by atoms with E-state index in [2.05, 4.69) is 5.32 Å². The van der Waals surface area contributed by atoms with Crippen molar-refractivity contribution in [2.45, 2.75) is 52.0 Å². The van der Waals surface area contributed by atoms with Gasteiger partial charge in [-0.1, -0.05) is 49.6 Å². The second-order valence-corrected chi connectivity index (χ2v) is 6.14. The standard InChI is InChI=1S/C19H23NO2/c1-13(21)17-14(2)22-19(20-16-11-7-4-8-12-16)18(17)15-9-5-3-6-10-15/h3,5-6,9-10,16,20H,4,7-8,11-12H2,1-2H3. The average Bonchev–Trinajstić information content (AvgIpc) is 2.85. The maximum absolute atomic E-state index is 12.1. The fourth-order valence-corrected chi connectivity index (χ4v) is 3.38. The van der Waals surface area contributed by atoms with E-state index in [1.807, 2.05) is 37.3 Å². The van der Waals surface area contributed by atoms with Crippen molar-refractivity contribution in [3.63, 3.8) is 0 Å². The summed E-state index contributed by atoms with van der Waals surface area (Å²) in [7, 11) is 0. The Morgan fingerprint density at radius 3 is 2.45 bits per heavy atom. The molecule has 22 heavy (non-hydrogen) atoms. The molecule has 1 N–H and O–H groups in total. The van der Waals surface area contributed by atoms with Gasteiger partial charge < -0.3 is 9.73 Å². The molecule has 0 saturated heterocycles. The van der Waals surface area contributed by atoms with Gasteiger partial charge in [0.15, 0.2) is 5.78 Å². The SMILES string of the molecule is CC(=O)c1c(C)oc(NC2CCCCC2)c1-c1ccccc1. The van der Waals surface area contributed by atoms with E-state index in [4.69, 9.17) is 4.42 Å². The zero-order chi connectivity index (χ0) is 15.5. The van der Waals surface area contributed by atoms with Crippen LogP contribution in [0.5, 0.6) is 0 Å². The first kappa shape index (κ1) is 14.9. The molecule has 1 aliphatic rings. The van der Waals surface area contributed by atoms with Gasteiger partial charge in [-0.3, -0.25) is 4.79 Å². The number of aryl methyl sites for hydroxylation is 1. The molecule has 0 bridgehead atoms. The Kier molecular flexibility index (Phi) is 4.32. The number of rotatable bonds is 4. The van der Waals surface area contributed by atoms with Gasteiger partial charge in [0.25, 0.3) is 0 Å².